The molecule has 3 aromatic rings. The van der Waals surface area contributed by atoms with Crippen LogP contribution in [0.1, 0.15) is 27.2 Å². The minimum atomic E-state index is -0.569. The first-order valence-corrected chi connectivity index (χ1v) is 8.08. The predicted molar refractivity (Wildman–Crippen MR) is 101 cm³/mol. The zero-order chi connectivity index (χ0) is 19.4. The van der Waals surface area contributed by atoms with Crippen LogP contribution in [0.2, 0.25) is 0 Å². The summed E-state index contributed by atoms with van der Waals surface area (Å²) in [6.07, 6.45) is 0. The Kier molecular flexibility index (Phi) is 4.83. The minimum absolute atomic E-state index is 0.0367. The van der Waals surface area contributed by atoms with Crippen LogP contribution in [0.4, 0.5) is 5.69 Å². The molecule has 6 heteroatoms. The van der Waals surface area contributed by atoms with E-state index in [0.29, 0.717) is 28.2 Å². The summed E-state index contributed by atoms with van der Waals surface area (Å²) in [6.45, 7) is 1.75. The molecule has 1 N–H and O–H groups in total. The zero-order valence-corrected chi connectivity index (χ0v) is 14.4. The van der Waals surface area contributed by atoms with Crippen LogP contribution in [0.3, 0.4) is 0 Å². The summed E-state index contributed by atoms with van der Waals surface area (Å²) >= 11 is 0. The molecule has 1 heterocycles. The molecule has 0 aliphatic rings. The maximum Gasteiger partial charge on any atom is 0.268 e. The number of aryl methyl sites for hydroxylation is 1. The Morgan fingerprint density at radius 1 is 0.963 bits per heavy atom. The number of hydrogen-bond donors (Lipinski definition) is 1. The van der Waals surface area contributed by atoms with E-state index in [9.17, 15) is 9.59 Å². The monoisotopic (exact) mass is 354 g/mol. The zero-order valence-electron chi connectivity index (χ0n) is 14.4. The van der Waals surface area contributed by atoms with Gasteiger partial charge in [0.2, 0.25) is 0 Å². The number of aromatic nitrogens is 1. The van der Waals surface area contributed by atoms with Crippen molar-refractivity contribution in [3.8, 4) is 17.8 Å². The molecule has 0 saturated carbocycles. The summed E-state index contributed by atoms with van der Waals surface area (Å²) in [7, 11) is 0. The molecular formula is C21H14N4O2. The number of benzene rings is 2. The number of rotatable bonds is 3. The quantitative estimate of drug-likeness (QED) is 0.781. The Balaban J connectivity index is 2.02. The van der Waals surface area contributed by atoms with Gasteiger partial charge in [0.15, 0.2) is 0 Å². The summed E-state index contributed by atoms with van der Waals surface area (Å²) in [6, 6.07) is 20.2. The van der Waals surface area contributed by atoms with Crippen molar-refractivity contribution in [3.63, 3.8) is 0 Å². The molecule has 0 unspecified atom stereocenters. The van der Waals surface area contributed by atoms with Crippen LogP contribution in [-0.2, 0) is 0 Å². The van der Waals surface area contributed by atoms with E-state index in [2.05, 4.69) is 5.32 Å². The first-order chi connectivity index (χ1) is 13.0. The highest BCUT2D eigenvalue weighted by atomic mass is 16.2. The standard InChI is InChI=1S/C21H14N4O2/c1-14-8-9-19(20(26)24-17-6-2-4-15(10-17)12-22)21(27)25(14)18-7-3-5-16(11-18)13-23/h2-11H,1H3,(H,24,26). The fourth-order valence-electron chi connectivity index (χ4n) is 2.70. The van der Waals surface area contributed by atoms with E-state index in [4.69, 9.17) is 10.5 Å². The molecule has 2 aromatic carbocycles. The van der Waals surface area contributed by atoms with Gasteiger partial charge in [-0.3, -0.25) is 14.2 Å². The maximum absolute atomic E-state index is 12.9. The first-order valence-electron chi connectivity index (χ1n) is 8.08. The second-order valence-electron chi connectivity index (χ2n) is 5.84. The summed E-state index contributed by atoms with van der Waals surface area (Å²) in [5.74, 6) is -0.569. The van der Waals surface area contributed by atoms with Gasteiger partial charge in [0.1, 0.15) is 5.56 Å². The summed E-state index contributed by atoms with van der Waals surface area (Å²) in [4.78, 5) is 25.5. The van der Waals surface area contributed by atoms with Gasteiger partial charge in [0.05, 0.1) is 29.0 Å². The third kappa shape index (κ3) is 3.60. The first kappa shape index (κ1) is 17.7. The van der Waals surface area contributed by atoms with E-state index in [0.717, 1.165) is 0 Å². The average Bonchev–Trinajstić information content (AvgIpc) is 2.68. The van der Waals surface area contributed by atoms with E-state index < -0.39 is 11.5 Å². The lowest BCUT2D eigenvalue weighted by Crippen LogP contribution is -2.29. The summed E-state index contributed by atoms with van der Waals surface area (Å²) in [5.41, 5.74) is 1.88. The van der Waals surface area contributed by atoms with Crippen LogP contribution in [0.25, 0.3) is 5.69 Å². The number of hydrogen-bond acceptors (Lipinski definition) is 4. The molecule has 0 radical (unpaired) electrons. The third-order valence-electron chi connectivity index (χ3n) is 4.01. The smallest absolute Gasteiger partial charge is 0.268 e. The van der Waals surface area contributed by atoms with Crippen LogP contribution in [-0.4, -0.2) is 10.5 Å². The molecular weight excluding hydrogens is 340 g/mol. The van der Waals surface area contributed by atoms with Crippen molar-refractivity contribution in [2.45, 2.75) is 6.92 Å². The predicted octanol–water partition coefficient (Wildman–Crippen LogP) is 3.14. The number of carbonyl (C=O) groups is 1. The van der Waals surface area contributed by atoms with Crippen molar-refractivity contribution in [1.82, 2.24) is 4.57 Å². The number of carbonyl (C=O) groups excluding carboxylic acids is 1. The molecule has 0 fully saturated rings. The van der Waals surface area contributed by atoms with E-state index in [1.54, 1.807) is 55.5 Å². The highest BCUT2D eigenvalue weighted by molar-refractivity contribution is 6.04. The lowest BCUT2D eigenvalue weighted by molar-refractivity contribution is 0.102. The van der Waals surface area contributed by atoms with E-state index in [-0.39, 0.29) is 5.56 Å². The van der Waals surface area contributed by atoms with E-state index >= 15 is 0 Å². The van der Waals surface area contributed by atoms with Gasteiger partial charge in [0, 0.05) is 11.4 Å². The van der Waals surface area contributed by atoms with Gasteiger partial charge in [-0.1, -0.05) is 12.1 Å². The Hall–Kier alpha value is -4.16. The van der Waals surface area contributed by atoms with Crippen molar-refractivity contribution in [1.29, 1.82) is 10.5 Å². The number of nitrogens with one attached hydrogen (secondary N) is 1. The topological polar surface area (TPSA) is 98.7 Å². The number of anilines is 1. The van der Waals surface area contributed by atoms with Crippen molar-refractivity contribution >= 4 is 11.6 Å². The number of nitriles is 2. The molecule has 0 bridgehead atoms. The van der Waals surface area contributed by atoms with Gasteiger partial charge in [-0.05, 0) is 55.5 Å². The van der Waals surface area contributed by atoms with Gasteiger partial charge in [-0.25, -0.2) is 0 Å². The number of pyridine rings is 1. The number of nitrogens with zero attached hydrogens (tertiary/aromatic N) is 3. The largest absolute Gasteiger partial charge is 0.322 e. The molecule has 0 spiro atoms. The Morgan fingerprint density at radius 3 is 2.33 bits per heavy atom. The van der Waals surface area contributed by atoms with Gasteiger partial charge >= 0.3 is 0 Å². The van der Waals surface area contributed by atoms with E-state index in [1.807, 2.05) is 12.1 Å². The second kappa shape index (κ2) is 7.38. The molecule has 6 nitrogen and oxygen atoms in total. The Morgan fingerprint density at radius 2 is 1.63 bits per heavy atom. The van der Waals surface area contributed by atoms with E-state index in [1.165, 1.54) is 16.7 Å². The fourth-order valence-corrected chi connectivity index (χ4v) is 2.70. The molecule has 1 aromatic heterocycles. The second-order valence-corrected chi connectivity index (χ2v) is 5.84. The SMILES string of the molecule is Cc1ccc(C(=O)Nc2cccc(C#N)c2)c(=O)n1-c1cccc(C#N)c1. The van der Waals surface area contributed by atoms with Crippen molar-refractivity contribution in [3.05, 3.63) is 93.4 Å². The molecule has 0 atom stereocenters. The van der Waals surface area contributed by atoms with Crippen LogP contribution in [0.15, 0.2) is 65.5 Å². The molecule has 0 saturated heterocycles. The third-order valence-corrected chi connectivity index (χ3v) is 4.01. The Labute approximate surface area is 155 Å². The van der Waals surface area contributed by atoms with Gasteiger partial charge in [-0.15, -0.1) is 0 Å². The molecule has 0 aliphatic carbocycles. The average molecular weight is 354 g/mol. The highest BCUT2D eigenvalue weighted by Crippen LogP contribution is 2.14. The fraction of sp³-hybridized carbons (Fsp3) is 0.0476. The number of amides is 1. The molecule has 1 amide bonds. The summed E-state index contributed by atoms with van der Waals surface area (Å²) in [5, 5.41) is 20.7. The van der Waals surface area contributed by atoms with Gasteiger partial charge in [-0.2, -0.15) is 10.5 Å². The van der Waals surface area contributed by atoms with Crippen LogP contribution in [0.5, 0.6) is 0 Å². The van der Waals surface area contributed by atoms with Crippen molar-refractivity contribution in [2.24, 2.45) is 0 Å². The minimum Gasteiger partial charge on any atom is -0.322 e. The molecule has 0 aliphatic heterocycles. The van der Waals surface area contributed by atoms with Gasteiger partial charge < -0.3 is 5.32 Å². The molecule has 27 heavy (non-hydrogen) atoms. The molecule has 130 valence electrons. The molecule has 3 rings (SSSR count). The van der Waals surface area contributed by atoms with Crippen LogP contribution < -0.4 is 10.9 Å². The normalized spacial score (nSPS) is 9.89. The van der Waals surface area contributed by atoms with Crippen molar-refractivity contribution in [2.75, 3.05) is 5.32 Å². The van der Waals surface area contributed by atoms with Gasteiger partial charge in [0.25, 0.3) is 11.5 Å². The maximum atomic E-state index is 12.9. The highest BCUT2D eigenvalue weighted by Gasteiger charge is 2.15. The van der Waals surface area contributed by atoms with Crippen molar-refractivity contribution < 1.29 is 4.79 Å². The Bertz CT molecular complexity index is 1180. The van der Waals surface area contributed by atoms with Crippen LogP contribution >= 0.6 is 0 Å². The summed E-state index contributed by atoms with van der Waals surface area (Å²) < 4.78 is 1.39. The lowest BCUT2D eigenvalue weighted by atomic mass is 10.1. The lowest BCUT2D eigenvalue weighted by Gasteiger charge is -2.12. The van der Waals surface area contributed by atoms with Crippen LogP contribution in [0, 0.1) is 29.6 Å².